The largest absolute Gasteiger partial charge is 0.494 e. The van der Waals surface area contributed by atoms with Gasteiger partial charge < -0.3 is 14.7 Å². The van der Waals surface area contributed by atoms with Crippen molar-refractivity contribution in [3.05, 3.63) is 65.5 Å². The van der Waals surface area contributed by atoms with Gasteiger partial charge in [0.25, 0.3) is 5.91 Å². The number of carboxylic acids is 1. The Bertz CT molecular complexity index is 793. The number of carboxylic acid groups (broad SMARTS) is 1. The number of aliphatic carboxylic acids is 1. The molecule has 1 aliphatic rings. The first kappa shape index (κ1) is 17.0. The third-order valence-corrected chi connectivity index (χ3v) is 4.57. The molecule has 1 saturated heterocycles. The fourth-order valence-electron chi connectivity index (χ4n) is 3.26. The van der Waals surface area contributed by atoms with Crippen molar-refractivity contribution in [3.63, 3.8) is 0 Å². The Balaban J connectivity index is 1.89. The summed E-state index contributed by atoms with van der Waals surface area (Å²) in [5.41, 5.74) is 0.744. The van der Waals surface area contributed by atoms with Crippen LogP contribution in [0.5, 0.6) is 5.75 Å². The Morgan fingerprint density at radius 3 is 2.48 bits per heavy atom. The zero-order chi connectivity index (χ0) is 18.0. The second-order valence-electron chi connectivity index (χ2n) is 5.99. The lowest BCUT2D eigenvalue weighted by Crippen LogP contribution is -2.30. The average Bonchev–Trinajstić information content (AvgIpc) is 3.08. The van der Waals surface area contributed by atoms with E-state index in [9.17, 15) is 19.1 Å². The van der Waals surface area contributed by atoms with Crippen LogP contribution in [0.4, 0.5) is 4.39 Å². The van der Waals surface area contributed by atoms with Crippen LogP contribution < -0.4 is 4.74 Å². The molecule has 6 heteroatoms. The van der Waals surface area contributed by atoms with E-state index in [0.29, 0.717) is 0 Å². The molecule has 0 unspecified atom stereocenters. The van der Waals surface area contributed by atoms with E-state index in [0.717, 1.165) is 5.56 Å². The molecule has 25 heavy (non-hydrogen) atoms. The van der Waals surface area contributed by atoms with Gasteiger partial charge in [0.05, 0.1) is 18.6 Å². The number of likely N-dealkylation sites (tertiary alicyclic amines) is 1. The van der Waals surface area contributed by atoms with E-state index in [2.05, 4.69) is 0 Å². The molecule has 1 aliphatic heterocycles. The predicted octanol–water partition coefficient (Wildman–Crippen LogP) is 2.77. The number of amides is 1. The fraction of sp³-hybridized carbons (Fsp3) is 0.263. The predicted molar refractivity (Wildman–Crippen MR) is 89.2 cm³/mol. The molecule has 2 aromatic rings. The molecule has 0 aromatic heterocycles. The zero-order valence-electron chi connectivity index (χ0n) is 13.7. The smallest absolute Gasteiger partial charge is 0.308 e. The summed E-state index contributed by atoms with van der Waals surface area (Å²) in [6, 6.07) is 13.6. The zero-order valence-corrected chi connectivity index (χ0v) is 13.7. The summed E-state index contributed by atoms with van der Waals surface area (Å²) in [7, 11) is 1.33. The van der Waals surface area contributed by atoms with E-state index in [1.54, 1.807) is 0 Å². The summed E-state index contributed by atoms with van der Waals surface area (Å²) in [6.45, 7) is 0.279. The molecule has 1 fully saturated rings. The van der Waals surface area contributed by atoms with Gasteiger partial charge in [0.2, 0.25) is 0 Å². The van der Waals surface area contributed by atoms with E-state index in [1.807, 2.05) is 30.3 Å². The minimum atomic E-state index is -0.963. The number of ether oxygens (including phenoxy) is 1. The Morgan fingerprint density at radius 1 is 1.12 bits per heavy atom. The van der Waals surface area contributed by atoms with Crippen molar-refractivity contribution in [2.24, 2.45) is 5.92 Å². The maximum atomic E-state index is 14.4. The Hall–Kier alpha value is -2.89. The topological polar surface area (TPSA) is 66.8 Å². The van der Waals surface area contributed by atoms with Gasteiger partial charge in [0.1, 0.15) is 0 Å². The second kappa shape index (κ2) is 6.93. The molecular formula is C19H18FNO4. The van der Waals surface area contributed by atoms with E-state index < -0.39 is 23.6 Å². The van der Waals surface area contributed by atoms with Gasteiger partial charge in [-0.3, -0.25) is 9.59 Å². The Kier molecular flexibility index (Phi) is 4.70. The summed E-state index contributed by atoms with van der Waals surface area (Å²) in [5, 5.41) is 9.52. The van der Waals surface area contributed by atoms with Crippen LogP contribution in [0.3, 0.4) is 0 Å². The first-order valence-corrected chi connectivity index (χ1v) is 7.92. The Morgan fingerprint density at radius 2 is 1.84 bits per heavy atom. The van der Waals surface area contributed by atoms with Crippen LogP contribution in [0, 0.1) is 11.7 Å². The fourth-order valence-corrected chi connectivity index (χ4v) is 3.26. The van der Waals surface area contributed by atoms with E-state index in [1.165, 1.54) is 30.2 Å². The summed E-state index contributed by atoms with van der Waals surface area (Å²) < 4.78 is 19.3. The van der Waals surface area contributed by atoms with Crippen molar-refractivity contribution in [1.29, 1.82) is 0 Å². The lowest BCUT2D eigenvalue weighted by molar-refractivity contribution is -0.141. The lowest BCUT2D eigenvalue weighted by atomic mass is 9.89. The minimum absolute atomic E-state index is 0.0144. The van der Waals surface area contributed by atoms with E-state index in [4.69, 9.17) is 4.74 Å². The molecule has 0 spiro atoms. The van der Waals surface area contributed by atoms with Crippen molar-refractivity contribution < 1.29 is 23.8 Å². The van der Waals surface area contributed by atoms with Crippen LogP contribution >= 0.6 is 0 Å². The van der Waals surface area contributed by atoms with Gasteiger partial charge in [-0.15, -0.1) is 0 Å². The first-order valence-electron chi connectivity index (χ1n) is 7.92. The highest BCUT2D eigenvalue weighted by Gasteiger charge is 2.41. The molecule has 5 nitrogen and oxygen atoms in total. The lowest BCUT2D eigenvalue weighted by Gasteiger charge is -2.17. The van der Waals surface area contributed by atoms with Crippen molar-refractivity contribution >= 4 is 11.9 Å². The molecule has 2 atom stereocenters. The molecule has 130 valence electrons. The van der Waals surface area contributed by atoms with Crippen LogP contribution in [0.15, 0.2) is 48.5 Å². The van der Waals surface area contributed by atoms with Gasteiger partial charge in [-0.2, -0.15) is 0 Å². The van der Waals surface area contributed by atoms with Gasteiger partial charge in [-0.25, -0.2) is 4.39 Å². The molecule has 1 amide bonds. The molecule has 1 heterocycles. The molecular weight excluding hydrogens is 325 g/mol. The summed E-state index contributed by atoms with van der Waals surface area (Å²) in [4.78, 5) is 25.7. The third kappa shape index (κ3) is 3.20. The molecule has 0 bridgehead atoms. The summed E-state index contributed by atoms with van der Waals surface area (Å²) in [5.74, 6) is -3.28. The summed E-state index contributed by atoms with van der Waals surface area (Å²) >= 11 is 0. The molecule has 0 aliphatic carbocycles. The van der Waals surface area contributed by atoms with Crippen LogP contribution in [-0.4, -0.2) is 42.1 Å². The number of rotatable bonds is 4. The number of carbonyl (C=O) groups excluding carboxylic acids is 1. The molecule has 0 saturated carbocycles. The van der Waals surface area contributed by atoms with Gasteiger partial charge in [-0.1, -0.05) is 36.4 Å². The maximum absolute atomic E-state index is 14.4. The van der Waals surface area contributed by atoms with Crippen LogP contribution in [-0.2, 0) is 4.79 Å². The van der Waals surface area contributed by atoms with Crippen molar-refractivity contribution in [2.75, 3.05) is 20.2 Å². The quantitative estimate of drug-likeness (QED) is 0.927. The number of nitrogens with zero attached hydrogens (tertiary/aromatic N) is 1. The minimum Gasteiger partial charge on any atom is -0.494 e. The van der Waals surface area contributed by atoms with Crippen molar-refractivity contribution in [2.45, 2.75) is 5.92 Å². The molecule has 1 N–H and O–H groups in total. The molecule has 2 aromatic carbocycles. The average molecular weight is 343 g/mol. The Labute approximate surface area is 144 Å². The SMILES string of the molecule is COc1cccc(C(=O)N2C[C@H](C(=O)O)[C@H](c3ccccc3)C2)c1F. The van der Waals surface area contributed by atoms with Gasteiger partial charge in [0.15, 0.2) is 11.6 Å². The van der Waals surface area contributed by atoms with Crippen molar-refractivity contribution in [1.82, 2.24) is 4.90 Å². The molecule has 0 radical (unpaired) electrons. The number of halogens is 1. The van der Waals surface area contributed by atoms with Crippen molar-refractivity contribution in [3.8, 4) is 5.75 Å². The number of carbonyl (C=O) groups is 2. The highest BCUT2D eigenvalue weighted by atomic mass is 19.1. The van der Waals surface area contributed by atoms with Crippen LogP contribution in [0.2, 0.25) is 0 Å². The van der Waals surface area contributed by atoms with Crippen LogP contribution in [0.1, 0.15) is 21.8 Å². The number of benzene rings is 2. The third-order valence-electron chi connectivity index (χ3n) is 4.57. The van der Waals surface area contributed by atoms with E-state index >= 15 is 0 Å². The standard InChI is InChI=1S/C19H18FNO4/c1-25-16-9-5-8-13(17(16)20)18(22)21-10-14(15(11-21)19(23)24)12-6-3-2-4-7-12/h2-9,14-15H,10-11H2,1H3,(H,23,24)/t14-,15-/m0/s1. The van der Waals surface area contributed by atoms with Gasteiger partial charge >= 0.3 is 5.97 Å². The van der Waals surface area contributed by atoms with Gasteiger partial charge in [-0.05, 0) is 17.7 Å². The first-order chi connectivity index (χ1) is 12.0. The number of hydrogen-bond donors (Lipinski definition) is 1. The highest BCUT2D eigenvalue weighted by Crippen LogP contribution is 2.34. The van der Waals surface area contributed by atoms with E-state index in [-0.39, 0.29) is 30.3 Å². The highest BCUT2D eigenvalue weighted by molar-refractivity contribution is 5.95. The number of methoxy groups -OCH3 is 1. The normalized spacial score (nSPS) is 19.7. The van der Waals surface area contributed by atoms with Crippen LogP contribution in [0.25, 0.3) is 0 Å². The second-order valence-corrected chi connectivity index (χ2v) is 5.99. The van der Waals surface area contributed by atoms with Gasteiger partial charge in [0, 0.05) is 19.0 Å². The maximum Gasteiger partial charge on any atom is 0.308 e. The summed E-state index contributed by atoms with van der Waals surface area (Å²) in [6.07, 6.45) is 0. The molecule has 3 rings (SSSR count). The monoisotopic (exact) mass is 343 g/mol. The number of hydrogen-bond acceptors (Lipinski definition) is 3.